The van der Waals surface area contributed by atoms with Gasteiger partial charge in [-0.05, 0) is 20.1 Å². The Balaban J connectivity index is 2.81. The minimum atomic E-state index is -3.97. The zero-order valence-electron chi connectivity index (χ0n) is 10.5. The van der Waals surface area contributed by atoms with Crippen LogP contribution in [0.3, 0.4) is 0 Å². The van der Waals surface area contributed by atoms with E-state index >= 15 is 0 Å². The van der Waals surface area contributed by atoms with E-state index in [1.807, 2.05) is 0 Å². The average molecular weight is 295 g/mol. The number of nitrogens with zero attached hydrogens (tertiary/aromatic N) is 2. The maximum atomic E-state index is 11.4. The predicted molar refractivity (Wildman–Crippen MR) is 75.4 cm³/mol. The lowest BCUT2D eigenvalue weighted by Gasteiger charge is -2.30. The minimum Gasteiger partial charge on any atom is -0.437 e. The summed E-state index contributed by atoms with van der Waals surface area (Å²) in [6.45, 7) is 3.56. The van der Waals surface area contributed by atoms with Crippen LogP contribution in [0, 0.1) is 0 Å². The van der Waals surface area contributed by atoms with Gasteiger partial charge in [-0.2, -0.15) is 25.3 Å². The van der Waals surface area contributed by atoms with Crippen LogP contribution in [0.15, 0.2) is 0 Å². The summed E-state index contributed by atoms with van der Waals surface area (Å²) < 4.78 is 23.5. The summed E-state index contributed by atoms with van der Waals surface area (Å²) in [5.41, 5.74) is 0. The summed E-state index contributed by atoms with van der Waals surface area (Å²) in [5.74, 6) is 0. The third-order valence-electron chi connectivity index (χ3n) is 3.05. The monoisotopic (exact) mass is 295 g/mol. The van der Waals surface area contributed by atoms with E-state index in [0.717, 1.165) is 4.22 Å². The lowest BCUT2D eigenvalue weighted by molar-refractivity contribution is 0.311. The molecule has 1 aliphatic rings. The van der Waals surface area contributed by atoms with Crippen molar-refractivity contribution in [2.75, 3.05) is 13.1 Å². The summed E-state index contributed by atoms with van der Waals surface area (Å²) >= 11 is 4.34. The van der Waals surface area contributed by atoms with Crippen LogP contribution < -0.4 is 5.14 Å². The largest absolute Gasteiger partial charge is 0.437 e. The Labute approximate surface area is 114 Å². The van der Waals surface area contributed by atoms with Gasteiger partial charge >= 0.3 is 14.1 Å². The fraction of sp³-hybridized carbons (Fsp3) is 1.00. The van der Waals surface area contributed by atoms with Gasteiger partial charge in [0.25, 0.3) is 10.2 Å². The molecule has 0 spiro atoms. The van der Waals surface area contributed by atoms with Crippen molar-refractivity contribution in [1.82, 2.24) is 9.03 Å². The van der Waals surface area contributed by atoms with Crippen LogP contribution in [-0.4, -0.2) is 66.0 Å². The highest BCUT2D eigenvalue weighted by Crippen LogP contribution is 2.23. The summed E-state index contributed by atoms with van der Waals surface area (Å²) in [6.07, 6.45) is 0.632. The van der Waals surface area contributed by atoms with Crippen molar-refractivity contribution < 1.29 is 18.5 Å². The van der Waals surface area contributed by atoms with Crippen LogP contribution in [0.1, 0.15) is 6.42 Å². The lowest BCUT2D eigenvalue weighted by atomic mass is 9.83. The molecule has 1 rings (SSSR count). The van der Waals surface area contributed by atoms with E-state index in [0.29, 0.717) is 13.0 Å². The van der Waals surface area contributed by atoms with Crippen molar-refractivity contribution in [3.05, 3.63) is 0 Å². The van der Waals surface area contributed by atoms with E-state index in [2.05, 4.69) is 12.6 Å². The molecule has 1 fully saturated rings. The van der Waals surface area contributed by atoms with Crippen LogP contribution in [0.4, 0.5) is 0 Å². The smallest absolute Gasteiger partial charge is 0.391 e. The summed E-state index contributed by atoms with van der Waals surface area (Å²) in [5, 5.41) is 24.2. The molecular weight excluding hydrogens is 276 g/mol. The van der Waals surface area contributed by atoms with E-state index in [1.54, 1.807) is 11.6 Å². The van der Waals surface area contributed by atoms with Gasteiger partial charge in [0.1, 0.15) is 0 Å². The van der Waals surface area contributed by atoms with E-state index < -0.39 is 24.3 Å². The first-order valence-electron chi connectivity index (χ1n) is 5.72. The van der Waals surface area contributed by atoms with E-state index in [1.165, 1.54) is 6.82 Å². The van der Waals surface area contributed by atoms with Gasteiger partial charge in [0.15, 0.2) is 0 Å². The van der Waals surface area contributed by atoms with Gasteiger partial charge < -0.3 is 14.9 Å². The quantitative estimate of drug-likeness (QED) is 0.349. The van der Waals surface area contributed by atoms with E-state index in [9.17, 15) is 18.5 Å². The van der Waals surface area contributed by atoms with Crippen LogP contribution in [0.25, 0.3) is 0 Å². The first kappa shape index (κ1) is 16.3. The number of nitrogens with two attached hydrogens (primary N) is 1. The van der Waals surface area contributed by atoms with Gasteiger partial charge in [0, 0.05) is 24.4 Å². The molecule has 1 aliphatic heterocycles. The van der Waals surface area contributed by atoms with Crippen molar-refractivity contribution in [2.24, 2.45) is 5.14 Å². The summed E-state index contributed by atoms with van der Waals surface area (Å²) in [4.78, 5) is 1.75. The highest BCUT2D eigenvalue weighted by atomic mass is 32.2. The molecule has 0 saturated carbocycles. The predicted octanol–water partition coefficient (Wildman–Crippen LogP) is -1.91. The molecule has 4 N–H and O–H groups in total. The summed E-state index contributed by atoms with van der Waals surface area (Å²) in [6, 6.07) is -0.208. The number of rotatable bonds is 5. The fourth-order valence-electron chi connectivity index (χ4n) is 2.23. The molecule has 2 atom stereocenters. The fourth-order valence-corrected chi connectivity index (χ4v) is 3.47. The Morgan fingerprint density at radius 3 is 2.44 bits per heavy atom. The molecule has 0 amide bonds. The highest BCUT2D eigenvalue weighted by molar-refractivity contribution is 7.87. The van der Waals surface area contributed by atoms with Gasteiger partial charge in [0.2, 0.25) is 0 Å². The van der Waals surface area contributed by atoms with Crippen LogP contribution in [-0.2, 0) is 10.2 Å². The van der Waals surface area contributed by atoms with Gasteiger partial charge in [-0.1, -0.05) is 0 Å². The molecule has 11 heteroatoms. The molecule has 0 unspecified atom stereocenters. The average Bonchev–Trinajstić information content (AvgIpc) is 2.53. The number of hydrogen-bond acceptors (Lipinski definition) is 6. The normalized spacial score (nSPS) is 25.7. The molecule has 0 aromatic heterocycles. The molecule has 0 bridgehead atoms. The van der Waals surface area contributed by atoms with Crippen molar-refractivity contribution >= 4 is 36.9 Å². The van der Waals surface area contributed by atoms with Gasteiger partial charge in [-0.3, -0.25) is 0 Å². The second-order valence-corrected chi connectivity index (χ2v) is 6.85. The van der Waals surface area contributed by atoms with Crippen molar-refractivity contribution in [1.29, 1.82) is 0 Å². The van der Waals surface area contributed by atoms with Crippen LogP contribution in [0.2, 0.25) is 13.6 Å². The third-order valence-corrected chi connectivity index (χ3v) is 4.53. The van der Waals surface area contributed by atoms with Gasteiger partial charge in [0.05, 0.1) is 0 Å². The Bertz CT molecular complexity index is 381. The number of hydrogen-bond donors (Lipinski definition) is 4. The SMILES string of the molecule is CB(O)N1C[C@@H](S)C[C@H]1CN(B(C)O)S(N)(=O)=O. The molecular formula is C7H19B2N3O4S2. The standard InChI is InChI=1S/C7H19B2N3O4S2/c1-8(13)11-5-7(17)3-6(11)4-12(9(2)14)18(10,15)16/h6-7,13-14,17H,3-5H2,1-2H3,(H2,10,15,16)/t6-,7-/m0/s1. The third kappa shape index (κ3) is 4.12. The lowest BCUT2D eigenvalue weighted by Crippen LogP contribution is -2.53. The second kappa shape index (κ2) is 6.12. The number of thiol groups is 1. The molecule has 0 radical (unpaired) electrons. The first-order valence-corrected chi connectivity index (χ1v) is 7.74. The zero-order valence-corrected chi connectivity index (χ0v) is 12.2. The molecule has 18 heavy (non-hydrogen) atoms. The van der Waals surface area contributed by atoms with Gasteiger partial charge in [-0.15, -0.1) is 0 Å². The van der Waals surface area contributed by atoms with Crippen LogP contribution >= 0.6 is 12.6 Å². The molecule has 1 saturated heterocycles. The molecule has 104 valence electrons. The molecule has 0 aromatic carbocycles. The van der Waals surface area contributed by atoms with Crippen molar-refractivity contribution in [2.45, 2.75) is 31.4 Å². The second-order valence-electron chi connectivity index (χ2n) is 4.62. The topological polar surface area (TPSA) is 107 Å². The Hall–Kier alpha value is 0.230. The molecule has 0 aliphatic carbocycles. The van der Waals surface area contributed by atoms with Gasteiger partial charge in [-0.25, -0.2) is 5.14 Å². The highest BCUT2D eigenvalue weighted by Gasteiger charge is 2.38. The zero-order chi connectivity index (χ0) is 14.1. The Morgan fingerprint density at radius 1 is 1.50 bits per heavy atom. The Morgan fingerprint density at radius 2 is 2.06 bits per heavy atom. The first-order chi connectivity index (χ1) is 8.12. The molecule has 1 heterocycles. The summed E-state index contributed by atoms with van der Waals surface area (Å²) in [7, 11) is -5.86. The Kier molecular flexibility index (Phi) is 5.54. The van der Waals surface area contributed by atoms with Crippen molar-refractivity contribution in [3.63, 3.8) is 0 Å². The van der Waals surface area contributed by atoms with E-state index in [-0.39, 0.29) is 17.8 Å². The minimum absolute atomic E-state index is 0.0401. The maximum absolute atomic E-state index is 11.4. The molecule has 0 aromatic rings. The van der Waals surface area contributed by atoms with Crippen molar-refractivity contribution in [3.8, 4) is 0 Å². The molecule has 7 nitrogen and oxygen atoms in total. The van der Waals surface area contributed by atoms with E-state index in [4.69, 9.17) is 5.14 Å². The maximum Gasteiger partial charge on any atom is 0.391 e. The van der Waals surface area contributed by atoms with Crippen LogP contribution in [0.5, 0.6) is 0 Å².